The highest BCUT2D eigenvalue weighted by Crippen LogP contribution is 2.15. The number of halogens is 1. The monoisotopic (exact) mass is 282 g/mol. The fourth-order valence-corrected chi connectivity index (χ4v) is 1.91. The zero-order chi connectivity index (χ0) is 15.2. The second kappa shape index (κ2) is 6.69. The molecule has 4 heteroatoms. The molecule has 1 amide bonds. The molecule has 0 aliphatic heterocycles. The Morgan fingerprint density at radius 1 is 1.29 bits per heavy atom. The van der Waals surface area contributed by atoms with Crippen LogP contribution in [-0.2, 0) is 0 Å². The van der Waals surface area contributed by atoms with Gasteiger partial charge in [0, 0.05) is 16.8 Å². The van der Waals surface area contributed by atoms with E-state index in [1.165, 1.54) is 18.2 Å². The zero-order valence-electron chi connectivity index (χ0n) is 11.6. The average molecular weight is 282 g/mol. The van der Waals surface area contributed by atoms with Crippen LogP contribution in [0.25, 0.3) is 0 Å². The summed E-state index contributed by atoms with van der Waals surface area (Å²) in [6.45, 7) is 2.18. The summed E-state index contributed by atoms with van der Waals surface area (Å²) in [5.41, 5.74) is 7.97. The average Bonchev–Trinajstić information content (AvgIpc) is 2.44. The molecule has 0 saturated carbocycles. The summed E-state index contributed by atoms with van der Waals surface area (Å²) in [6, 6.07) is 11.0. The van der Waals surface area contributed by atoms with Crippen molar-refractivity contribution in [2.75, 3.05) is 11.9 Å². The second-order valence-corrected chi connectivity index (χ2v) is 4.56. The highest BCUT2D eigenvalue weighted by atomic mass is 19.1. The van der Waals surface area contributed by atoms with Gasteiger partial charge in [-0.15, -0.1) is 0 Å². The minimum Gasteiger partial charge on any atom is -0.322 e. The van der Waals surface area contributed by atoms with Crippen LogP contribution in [0, 0.1) is 24.6 Å². The molecule has 2 aromatic rings. The van der Waals surface area contributed by atoms with Crippen LogP contribution in [0.5, 0.6) is 0 Å². The lowest BCUT2D eigenvalue weighted by Gasteiger charge is -2.07. The van der Waals surface area contributed by atoms with E-state index >= 15 is 0 Å². The number of amides is 1. The molecular weight excluding hydrogens is 267 g/mol. The number of benzene rings is 2. The van der Waals surface area contributed by atoms with Crippen LogP contribution in [0.15, 0.2) is 42.5 Å². The Morgan fingerprint density at radius 3 is 2.81 bits per heavy atom. The Kier molecular flexibility index (Phi) is 4.70. The van der Waals surface area contributed by atoms with Gasteiger partial charge in [-0.1, -0.05) is 17.9 Å². The fourth-order valence-electron chi connectivity index (χ4n) is 1.91. The standard InChI is InChI=1S/C17H15FN2O/c1-12-8-13(4-3-7-19)10-16(9-12)20-17(21)14-5-2-6-15(18)11-14/h2,5-6,8-11H,7,19H2,1H3,(H,20,21). The van der Waals surface area contributed by atoms with E-state index in [9.17, 15) is 9.18 Å². The Hall–Kier alpha value is -2.64. The van der Waals surface area contributed by atoms with Crippen LogP contribution in [0.3, 0.4) is 0 Å². The van der Waals surface area contributed by atoms with Gasteiger partial charge in [0.1, 0.15) is 5.82 Å². The van der Waals surface area contributed by atoms with E-state index in [4.69, 9.17) is 5.73 Å². The summed E-state index contributed by atoms with van der Waals surface area (Å²) < 4.78 is 13.1. The number of hydrogen-bond acceptors (Lipinski definition) is 2. The van der Waals surface area contributed by atoms with Crippen LogP contribution in [0.4, 0.5) is 10.1 Å². The van der Waals surface area contributed by atoms with Gasteiger partial charge >= 0.3 is 0 Å². The molecule has 0 atom stereocenters. The minimum absolute atomic E-state index is 0.270. The minimum atomic E-state index is -0.443. The summed E-state index contributed by atoms with van der Waals surface area (Å²) in [4.78, 5) is 12.1. The second-order valence-electron chi connectivity index (χ2n) is 4.56. The van der Waals surface area contributed by atoms with E-state index in [2.05, 4.69) is 17.2 Å². The third kappa shape index (κ3) is 4.16. The molecule has 2 rings (SSSR count). The van der Waals surface area contributed by atoms with Crippen molar-refractivity contribution in [3.05, 3.63) is 65.0 Å². The SMILES string of the molecule is Cc1cc(C#CCN)cc(NC(=O)c2cccc(F)c2)c1. The van der Waals surface area contributed by atoms with Gasteiger partial charge < -0.3 is 11.1 Å². The molecule has 0 fully saturated rings. The fraction of sp³-hybridized carbons (Fsp3) is 0.118. The van der Waals surface area contributed by atoms with Crippen LogP contribution < -0.4 is 11.1 Å². The molecule has 0 aliphatic carbocycles. The first-order valence-electron chi connectivity index (χ1n) is 6.46. The van der Waals surface area contributed by atoms with Crippen molar-refractivity contribution < 1.29 is 9.18 Å². The molecule has 106 valence electrons. The van der Waals surface area contributed by atoms with Crippen molar-refractivity contribution in [2.45, 2.75) is 6.92 Å². The highest BCUT2D eigenvalue weighted by Gasteiger charge is 2.07. The van der Waals surface area contributed by atoms with Crippen molar-refractivity contribution in [3.63, 3.8) is 0 Å². The number of aryl methyl sites for hydroxylation is 1. The maximum atomic E-state index is 13.1. The van der Waals surface area contributed by atoms with Crippen molar-refractivity contribution in [2.24, 2.45) is 5.73 Å². The molecule has 0 aromatic heterocycles. The quantitative estimate of drug-likeness (QED) is 0.832. The number of carbonyl (C=O) groups excluding carboxylic acids is 1. The largest absolute Gasteiger partial charge is 0.322 e. The van der Waals surface area contributed by atoms with Gasteiger partial charge in [0.05, 0.1) is 6.54 Å². The Balaban J connectivity index is 2.23. The molecule has 0 unspecified atom stereocenters. The molecule has 0 heterocycles. The van der Waals surface area contributed by atoms with Crippen LogP contribution in [0.2, 0.25) is 0 Å². The highest BCUT2D eigenvalue weighted by molar-refractivity contribution is 6.04. The number of hydrogen-bond donors (Lipinski definition) is 2. The van der Waals surface area contributed by atoms with Gasteiger partial charge in [-0.2, -0.15) is 0 Å². The molecule has 21 heavy (non-hydrogen) atoms. The van der Waals surface area contributed by atoms with Crippen LogP contribution >= 0.6 is 0 Å². The molecule has 2 aromatic carbocycles. The first kappa shape index (κ1) is 14.8. The number of rotatable bonds is 2. The van der Waals surface area contributed by atoms with E-state index in [1.807, 2.05) is 19.1 Å². The predicted molar refractivity (Wildman–Crippen MR) is 81.5 cm³/mol. The maximum absolute atomic E-state index is 13.1. The van der Waals surface area contributed by atoms with Crippen molar-refractivity contribution in [3.8, 4) is 11.8 Å². The summed E-state index contributed by atoms with van der Waals surface area (Å²) in [6.07, 6.45) is 0. The Labute approximate surface area is 123 Å². The van der Waals surface area contributed by atoms with Gasteiger partial charge in [0.25, 0.3) is 5.91 Å². The summed E-state index contributed by atoms with van der Waals surface area (Å²) in [5, 5.41) is 2.74. The number of nitrogens with two attached hydrogens (primary N) is 1. The smallest absolute Gasteiger partial charge is 0.255 e. The molecule has 0 radical (unpaired) electrons. The molecule has 0 aliphatic rings. The van der Waals surface area contributed by atoms with Crippen molar-refractivity contribution >= 4 is 11.6 Å². The first-order valence-corrected chi connectivity index (χ1v) is 6.46. The molecule has 0 saturated heterocycles. The van der Waals surface area contributed by atoms with Gasteiger partial charge in [0.15, 0.2) is 0 Å². The van der Waals surface area contributed by atoms with E-state index in [0.29, 0.717) is 5.69 Å². The molecule has 0 bridgehead atoms. The molecule has 0 spiro atoms. The van der Waals surface area contributed by atoms with E-state index in [0.717, 1.165) is 11.1 Å². The lowest BCUT2D eigenvalue weighted by atomic mass is 10.1. The third-order valence-electron chi connectivity index (χ3n) is 2.76. The van der Waals surface area contributed by atoms with E-state index in [-0.39, 0.29) is 18.0 Å². The number of anilines is 1. The number of nitrogens with one attached hydrogen (secondary N) is 1. The summed E-state index contributed by atoms with van der Waals surface area (Å²) in [7, 11) is 0. The van der Waals surface area contributed by atoms with Crippen LogP contribution in [0.1, 0.15) is 21.5 Å². The lowest BCUT2D eigenvalue weighted by molar-refractivity contribution is 0.102. The normalized spacial score (nSPS) is 9.67. The van der Waals surface area contributed by atoms with Crippen molar-refractivity contribution in [1.29, 1.82) is 0 Å². The van der Waals surface area contributed by atoms with Gasteiger partial charge in [-0.05, 0) is 48.9 Å². The zero-order valence-corrected chi connectivity index (χ0v) is 11.6. The number of carbonyl (C=O) groups is 1. The summed E-state index contributed by atoms with van der Waals surface area (Å²) in [5.74, 6) is 4.88. The van der Waals surface area contributed by atoms with Crippen LogP contribution in [-0.4, -0.2) is 12.5 Å². The predicted octanol–water partition coefficient (Wildman–Crippen LogP) is 2.70. The molecule has 3 nitrogen and oxygen atoms in total. The Morgan fingerprint density at radius 2 is 2.10 bits per heavy atom. The van der Waals surface area contributed by atoms with E-state index in [1.54, 1.807) is 12.1 Å². The van der Waals surface area contributed by atoms with E-state index < -0.39 is 5.82 Å². The maximum Gasteiger partial charge on any atom is 0.255 e. The Bertz CT molecular complexity index is 729. The van der Waals surface area contributed by atoms with Gasteiger partial charge in [0.2, 0.25) is 0 Å². The molecule has 3 N–H and O–H groups in total. The van der Waals surface area contributed by atoms with Crippen molar-refractivity contribution in [1.82, 2.24) is 0 Å². The van der Waals surface area contributed by atoms with Gasteiger partial charge in [-0.3, -0.25) is 4.79 Å². The third-order valence-corrected chi connectivity index (χ3v) is 2.76. The topological polar surface area (TPSA) is 55.1 Å². The first-order chi connectivity index (χ1) is 10.1. The lowest BCUT2D eigenvalue weighted by Crippen LogP contribution is -2.12. The van der Waals surface area contributed by atoms with Gasteiger partial charge in [-0.25, -0.2) is 4.39 Å². The molecular formula is C17H15FN2O. The summed E-state index contributed by atoms with van der Waals surface area (Å²) >= 11 is 0.